The maximum atomic E-state index is 10.4. The minimum Gasteiger partial charge on any atom is -0.466 e. The summed E-state index contributed by atoms with van der Waals surface area (Å²) in [6.45, 7) is 1.91. The molecule has 0 atom stereocenters. The molecule has 0 spiro atoms. The van der Waals surface area contributed by atoms with Crippen LogP contribution in [0.5, 0.6) is 0 Å². The van der Waals surface area contributed by atoms with Gasteiger partial charge in [-0.05, 0) is 6.42 Å². The number of hydrogen-bond acceptors (Lipinski definition) is 2. The third-order valence-electron chi connectivity index (χ3n) is 1.98. The van der Waals surface area contributed by atoms with E-state index >= 15 is 0 Å². The molecule has 0 saturated carbocycles. The van der Waals surface area contributed by atoms with Crippen LogP contribution in [0.3, 0.4) is 0 Å². The standard InChI is InChI=1S/C9H11O2.C5H5.Fe/c1-8(10)11-7-6-9-4-2-3-5-9;1-2-4-5-3-1;/h2-5H,6-7H2,1H3;1-5H;/q2*-1;+2. The van der Waals surface area contributed by atoms with Gasteiger partial charge in [-0.15, -0.1) is 0 Å². The van der Waals surface area contributed by atoms with E-state index in [2.05, 4.69) is 0 Å². The predicted octanol–water partition coefficient (Wildman–Crippen LogP) is 2.91. The Labute approximate surface area is 113 Å². The van der Waals surface area contributed by atoms with E-state index in [1.807, 2.05) is 54.6 Å². The van der Waals surface area contributed by atoms with Crippen molar-refractivity contribution in [1.29, 1.82) is 0 Å². The maximum absolute atomic E-state index is 10.4. The van der Waals surface area contributed by atoms with E-state index in [1.165, 1.54) is 12.5 Å². The zero-order valence-electron chi connectivity index (χ0n) is 9.78. The van der Waals surface area contributed by atoms with E-state index in [-0.39, 0.29) is 23.0 Å². The Balaban J connectivity index is 0.000000360. The SMILES string of the molecule is CC(=O)OCCc1ccc[cH-]1.[Fe+2].c1cc[cH-]c1. The van der Waals surface area contributed by atoms with Gasteiger partial charge in [-0.3, -0.25) is 4.79 Å². The van der Waals surface area contributed by atoms with Crippen LogP contribution < -0.4 is 0 Å². The average molecular weight is 272 g/mol. The molecule has 2 aromatic carbocycles. The normalized spacial score (nSPS) is 8.53. The van der Waals surface area contributed by atoms with Crippen LogP contribution in [0.2, 0.25) is 0 Å². The Kier molecular flexibility index (Phi) is 9.12. The predicted molar refractivity (Wildman–Crippen MR) is 64.4 cm³/mol. The second kappa shape index (κ2) is 9.88. The number of esters is 1. The summed E-state index contributed by atoms with van der Waals surface area (Å²) in [6.07, 6.45) is 0.812. The first-order chi connectivity index (χ1) is 7.79. The molecule has 0 unspecified atom stereocenters. The molecule has 0 heterocycles. The van der Waals surface area contributed by atoms with Gasteiger partial charge in [0.05, 0.1) is 6.61 Å². The van der Waals surface area contributed by atoms with Gasteiger partial charge >= 0.3 is 23.0 Å². The van der Waals surface area contributed by atoms with Crippen LogP contribution in [-0.2, 0) is 33.0 Å². The molecule has 0 aliphatic heterocycles. The maximum Gasteiger partial charge on any atom is 2.00 e. The smallest absolute Gasteiger partial charge is 0.466 e. The summed E-state index contributed by atoms with van der Waals surface area (Å²) in [5, 5.41) is 0. The Morgan fingerprint density at radius 2 is 1.94 bits per heavy atom. The average Bonchev–Trinajstić information content (AvgIpc) is 2.93. The first-order valence-electron chi connectivity index (χ1n) is 5.29. The van der Waals surface area contributed by atoms with E-state index in [4.69, 9.17) is 4.74 Å². The summed E-state index contributed by atoms with van der Waals surface area (Å²) in [5.74, 6) is -0.212. The molecule has 0 N–H and O–H groups in total. The van der Waals surface area contributed by atoms with Crippen molar-refractivity contribution in [3.63, 3.8) is 0 Å². The molecule has 17 heavy (non-hydrogen) atoms. The summed E-state index contributed by atoms with van der Waals surface area (Å²) < 4.78 is 4.78. The van der Waals surface area contributed by atoms with Gasteiger partial charge in [-0.2, -0.15) is 35.9 Å². The number of hydrogen-bond donors (Lipinski definition) is 0. The summed E-state index contributed by atoms with van der Waals surface area (Å²) in [7, 11) is 0. The fraction of sp³-hybridized carbons (Fsp3) is 0.214. The van der Waals surface area contributed by atoms with Crippen LogP contribution in [0.4, 0.5) is 0 Å². The molecular formula is C14H16FeO2. The molecule has 0 aromatic heterocycles. The van der Waals surface area contributed by atoms with Crippen LogP contribution in [0.15, 0.2) is 54.6 Å². The van der Waals surface area contributed by atoms with Crippen LogP contribution in [-0.4, -0.2) is 12.6 Å². The minimum atomic E-state index is -0.212. The zero-order valence-corrected chi connectivity index (χ0v) is 10.9. The van der Waals surface area contributed by atoms with Gasteiger partial charge in [0.15, 0.2) is 0 Å². The fourth-order valence-corrected chi connectivity index (χ4v) is 1.21. The fourth-order valence-electron chi connectivity index (χ4n) is 1.21. The van der Waals surface area contributed by atoms with Gasteiger partial charge in [0.25, 0.3) is 0 Å². The molecule has 0 saturated heterocycles. The van der Waals surface area contributed by atoms with Gasteiger partial charge < -0.3 is 4.74 Å². The van der Waals surface area contributed by atoms with Gasteiger partial charge in [-0.1, -0.05) is 0 Å². The third-order valence-corrected chi connectivity index (χ3v) is 1.98. The molecule has 2 nitrogen and oxygen atoms in total. The third kappa shape index (κ3) is 8.49. The van der Waals surface area contributed by atoms with Gasteiger partial charge in [0, 0.05) is 6.92 Å². The molecule has 0 amide bonds. The molecule has 0 bridgehead atoms. The van der Waals surface area contributed by atoms with Crippen LogP contribution in [0, 0.1) is 0 Å². The monoisotopic (exact) mass is 272 g/mol. The topological polar surface area (TPSA) is 26.3 Å². The Hall–Kier alpha value is -1.31. The van der Waals surface area contributed by atoms with E-state index in [0.717, 1.165) is 6.42 Å². The molecule has 2 rings (SSSR count). The molecule has 0 fully saturated rings. The largest absolute Gasteiger partial charge is 2.00 e. The molecule has 92 valence electrons. The number of rotatable bonds is 3. The quantitative estimate of drug-likeness (QED) is 0.488. The summed E-state index contributed by atoms with van der Waals surface area (Å²) >= 11 is 0. The van der Waals surface area contributed by atoms with Gasteiger partial charge in [0.2, 0.25) is 0 Å². The molecule has 2 aromatic rings. The van der Waals surface area contributed by atoms with Crippen molar-refractivity contribution in [2.45, 2.75) is 13.3 Å². The second-order valence-electron chi connectivity index (χ2n) is 3.35. The first kappa shape index (κ1) is 15.7. The molecule has 0 aliphatic rings. The summed E-state index contributed by atoms with van der Waals surface area (Å²) in [6, 6.07) is 18.0. The van der Waals surface area contributed by atoms with E-state index in [0.29, 0.717) is 6.61 Å². The Morgan fingerprint density at radius 1 is 1.24 bits per heavy atom. The van der Waals surface area contributed by atoms with Crippen LogP contribution >= 0.6 is 0 Å². The Morgan fingerprint density at radius 3 is 2.35 bits per heavy atom. The van der Waals surface area contributed by atoms with Crippen molar-refractivity contribution >= 4 is 5.97 Å². The molecular weight excluding hydrogens is 256 g/mol. The van der Waals surface area contributed by atoms with Gasteiger partial charge in [-0.25, -0.2) is 24.3 Å². The van der Waals surface area contributed by atoms with E-state index in [1.54, 1.807) is 0 Å². The van der Waals surface area contributed by atoms with Crippen molar-refractivity contribution in [2.75, 3.05) is 6.61 Å². The minimum absolute atomic E-state index is 0. The van der Waals surface area contributed by atoms with E-state index in [9.17, 15) is 4.79 Å². The van der Waals surface area contributed by atoms with Crippen molar-refractivity contribution < 1.29 is 26.6 Å². The number of carbonyl (C=O) groups excluding carboxylic acids is 1. The van der Waals surface area contributed by atoms with Gasteiger partial charge in [0.1, 0.15) is 0 Å². The number of ether oxygens (including phenoxy) is 1. The molecule has 0 radical (unpaired) electrons. The van der Waals surface area contributed by atoms with Crippen molar-refractivity contribution in [1.82, 2.24) is 0 Å². The van der Waals surface area contributed by atoms with Crippen molar-refractivity contribution in [3.8, 4) is 0 Å². The second-order valence-corrected chi connectivity index (χ2v) is 3.35. The zero-order chi connectivity index (χ0) is 11.6. The Bertz CT molecular complexity index is 346. The van der Waals surface area contributed by atoms with Crippen LogP contribution in [0.25, 0.3) is 0 Å². The summed E-state index contributed by atoms with van der Waals surface area (Å²) in [5.41, 5.74) is 1.21. The van der Waals surface area contributed by atoms with Crippen molar-refractivity contribution in [2.24, 2.45) is 0 Å². The first-order valence-corrected chi connectivity index (χ1v) is 5.29. The van der Waals surface area contributed by atoms with Crippen LogP contribution in [0.1, 0.15) is 12.5 Å². The molecule has 0 aliphatic carbocycles. The molecule has 3 heteroatoms. The number of carbonyl (C=O) groups is 1. The summed E-state index contributed by atoms with van der Waals surface area (Å²) in [4.78, 5) is 10.4. The van der Waals surface area contributed by atoms with Crippen molar-refractivity contribution in [3.05, 3.63) is 60.2 Å². The van der Waals surface area contributed by atoms with E-state index < -0.39 is 0 Å².